The molecule has 1 aliphatic heterocycles. The Labute approximate surface area is 128 Å². The molecular weight excluding hydrogens is 282 g/mol. The van der Waals surface area contributed by atoms with Crippen molar-refractivity contribution in [3.8, 4) is 0 Å². The fourth-order valence-corrected chi connectivity index (χ4v) is 2.82. The standard InChI is InChI=1S/C15H19N5O2/c1-11-8-19(15(21)6-12-4-3-5-16-7-12)9-13-17-18-14(10-22-2)20(11)13/h3-5,7,11H,6,8-10H2,1-2H3/t11-/m0/s1. The van der Waals surface area contributed by atoms with E-state index in [0.29, 0.717) is 26.1 Å². The lowest BCUT2D eigenvalue weighted by molar-refractivity contribution is -0.132. The zero-order valence-corrected chi connectivity index (χ0v) is 12.8. The molecule has 7 heteroatoms. The molecule has 22 heavy (non-hydrogen) atoms. The largest absolute Gasteiger partial charge is 0.377 e. The lowest BCUT2D eigenvalue weighted by Crippen LogP contribution is -2.41. The maximum atomic E-state index is 12.5. The molecule has 2 aromatic heterocycles. The van der Waals surface area contributed by atoms with E-state index in [-0.39, 0.29) is 11.9 Å². The van der Waals surface area contributed by atoms with Crippen LogP contribution < -0.4 is 0 Å². The van der Waals surface area contributed by atoms with Gasteiger partial charge in [-0.25, -0.2) is 0 Å². The Morgan fingerprint density at radius 1 is 1.45 bits per heavy atom. The summed E-state index contributed by atoms with van der Waals surface area (Å²) in [5.41, 5.74) is 0.923. The van der Waals surface area contributed by atoms with Crippen LogP contribution in [-0.2, 0) is 29.1 Å². The topological polar surface area (TPSA) is 73.1 Å². The number of carbonyl (C=O) groups is 1. The molecule has 0 unspecified atom stereocenters. The summed E-state index contributed by atoms with van der Waals surface area (Å²) >= 11 is 0. The lowest BCUT2D eigenvalue weighted by Gasteiger charge is -2.32. The number of hydrogen-bond acceptors (Lipinski definition) is 5. The number of methoxy groups -OCH3 is 1. The van der Waals surface area contributed by atoms with E-state index in [1.165, 1.54) is 0 Å². The van der Waals surface area contributed by atoms with E-state index in [2.05, 4.69) is 26.7 Å². The van der Waals surface area contributed by atoms with E-state index in [1.54, 1.807) is 19.5 Å². The maximum absolute atomic E-state index is 12.5. The summed E-state index contributed by atoms with van der Waals surface area (Å²) in [7, 11) is 1.64. The maximum Gasteiger partial charge on any atom is 0.227 e. The van der Waals surface area contributed by atoms with Gasteiger partial charge >= 0.3 is 0 Å². The molecule has 0 N–H and O–H groups in total. The Balaban J connectivity index is 1.73. The molecular formula is C15H19N5O2. The summed E-state index contributed by atoms with van der Waals surface area (Å²) in [6, 6.07) is 3.90. The van der Waals surface area contributed by atoms with Crippen LogP contribution in [0.1, 0.15) is 30.2 Å². The van der Waals surface area contributed by atoms with Crippen molar-refractivity contribution in [2.24, 2.45) is 0 Å². The molecule has 0 saturated carbocycles. The van der Waals surface area contributed by atoms with Crippen LogP contribution >= 0.6 is 0 Å². The third-order valence-corrected chi connectivity index (χ3v) is 3.80. The Bertz CT molecular complexity index is 655. The van der Waals surface area contributed by atoms with Crippen molar-refractivity contribution in [1.82, 2.24) is 24.6 Å². The smallest absolute Gasteiger partial charge is 0.227 e. The monoisotopic (exact) mass is 301 g/mol. The first-order valence-electron chi connectivity index (χ1n) is 7.27. The third kappa shape index (κ3) is 2.85. The molecule has 1 atom stereocenters. The SMILES string of the molecule is COCc1nnc2n1[C@@H](C)CN(C(=O)Cc1cccnc1)C2. The molecule has 0 bridgehead atoms. The Kier molecular flexibility index (Phi) is 4.15. The number of pyridine rings is 1. The molecule has 3 heterocycles. The van der Waals surface area contributed by atoms with Crippen LogP contribution in [0.25, 0.3) is 0 Å². The van der Waals surface area contributed by atoms with E-state index < -0.39 is 0 Å². The van der Waals surface area contributed by atoms with Crippen LogP contribution in [0.3, 0.4) is 0 Å². The van der Waals surface area contributed by atoms with E-state index in [0.717, 1.165) is 17.2 Å². The van der Waals surface area contributed by atoms with Gasteiger partial charge < -0.3 is 14.2 Å². The summed E-state index contributed by atoms with van der Waals surface area (Å²) in [5, 5.41) is 8.35. The van der Waals surface area contributed by atoms with Crippen molar-refractivity contribution in [1.29, 1.82) is 0 Å². The second-order valence-corrected chi connectivity index (χ2v) is 5.50. The molecule has 0 radical (unpaired) electrons. The molecule has 1 amide bonds. The van der Waals surface area contributed by atoms with Crippen molar-refractivity contribution in [3.63, 3.8) is 0 Å². The van der Waals surface area contributed by atoms with Gasteiger partial charge in [0.15, 0.2) is 11.6 Å². The first kappa shape index (κ1) is 14.6. The fraction of sp³-hybridized carbons (Fsp3) is 0.467. The fourth-order valence-electron chi connectivity index (χ4n) is 2.82. The number of amides is 1. The number of nitrogens with zero attached hydrogens (tertiary/aromatic N) is 5. The zero-order chi connectivity index (χ0) is 15.5. The number of carbonyl (C=O) groups excluding carboxylic acids is 1. The van der Waals surface area contributed by atoms with Crippen LogP contribution in [0.5, 0.6) is 0 Å². The van der Waals surface area contributed by atoms with Crippen LogP contribution in [0, 0.1) is 0 Å². The minimum Gasteiger partial charge on any atom is -0.377 e. The van der Waals surface area contributed by atoms with E-state index in [4.69, 9.17) is 4.74 Å². The molecule has 0 aromatic carbocycles. The van der Waals surface area contributed by atoms with Crippen LogP contribution in [0.2, 0.25) is 0 Å². The average molecular weight is 301 g/mol. The molecule has 0 aliphatic carbocycles. The minimum atomic E-state index is 0.0855. The first-order chi connectivity index (χ1) is 10.7. The minimum absolute atomic E-state index is 0.0855. The van der Waals surface area contributed by atoms with Crippen molar-refractivity contribution in [2.75, 3.05) is 13.7 Å². The molecule has 0 saturated heterocycles. The van der Waals surface area contributed by atoms with Crippen molar-refractivity contribution >= 4 is 5.91 Å². The molecule has 116 valence electrons. The van der Waals surface area contributed by atoms with Gasteiger partial charge in [0.05, 0.1) is 19.0 Å². The number of aromatic nitrogens is 4. The second kappa shape index (κ2) is 6.23. The Morgan fingerprint density at radius 3 is 3.05 bits per heavy atom. The summed E-state index contributed by atoms with van der Waals surface area (Å²) in [6.45, 7) is 3.64. The number of rotatable bonds is 4. The van der Waals surface area contributed by atoms with Crippen LogP contribution in [-0.4, -0.2) is 44.2 Å². The van der Waals surface area contributed by atoms with E-state index >= 15 is 0 Å². The highest BCUT2D eigenvalue weighted by molar-refractivity contribution is 5.78. The van der Waals surface area contributed by atoms with Gasteiger partial charge in [0, 0.05) is 26.0 Å². The number of fused-ring (bicyclic) bond motifs is 1. The summed E-state index contributed by atoms with van der Waals surface area (Å²) in [4.78, 5) is 18.3. The van der Waals surface area contributed by atoms with Gasteiger partial charge in [-0.1, -0.05) is 6.07 Å². The highest BCUT2D eigenvalue weighted by Gasteiger charge is 2.28. The zero-order valence-electron chi connectivity index (χ0n) is 12.8. The quantitative estimate of drug-likeness (QED) is 0.841. The number of ether oxygens (including phenoxy) is 1. The predicted octanol–water partition coefficient (Wildman–Crippen LogP) is 0.965. The van der Waals surface area contributed by atoms with Crippen molar-refractivity contribution < 1.29 is 9.53 Å². The molecule has 0 spiro atoms. The molecule has 3 rings (SSSR count). The molecule has 1 aliphatic rings. The second-order valence-electron chi connectivity index (χ2n) is 5.50. The average Bonchev–Trinajstić information content (AvgIpc) is 2.92. The molecule has 2 aromatic rings. The summed E-state index contributed by atoms with van der Waals surface area (Å²) in [6.07, 6.45) is 3.79. The van der Waals surface area contributed by atoms with Gasteiger partial charge in [-0.2, -0.15) is 0 Å². The van der Waals surface area contributed by atoms with Crippen LogP contribution in [0.15, 0.2) is 24.5 Å². The highest BCUT2D eigenvalue weighted by Crippen LogP contribution is 2.22. The van der Waals surface area contributed by atoms with Gasteiger partial charge in [0.1, 0.15) is 6.61 Å². The van der Waals surface area contributed by atoms with Gasteiger partial charge in [-0.05, 0) is 18.6 Å². The Hall–Kier alpha value is -2.28. The third-order valence-electron chi connectivity index (χ3n) is 3.80. The van der Waals surface area contributed by atoms with E-state index in [9.17, 15) is 4.79 Å². The van der Waals surface area contributed by atoms with Gasteiger partial charge in [-0.15, -0.1) is 10.2 Å². The van der Waals surface area contributed by atoms with Gasteiger partial charge in [0.2, 0.25) is 5.91 Å². The number of hydrogen-bond donors (Lipinski definition) is 0. The van der Waals surface area contributed by atoms with E-state index in [1.807, 2.05) is 17.0 Å². The predicted molar refractivity (Wildman–Crippen MR) is 78.8 cm³/mol. The van der Waals surface area contributed by atoms with Gasteiger partial charge in [-0.3, -0.25) is 9.78 Å². The Morgan fingerprint density at radius 2 is 2.32 bits per heavy atom. The summed E-state index contributed by atoms with van der Waals surface area (Å²) in [5.74, 6) is 1.71. The van der Waals surface area contributed by atoms with Crippen molar-refractivity contribution in [3.05, 3.63) is 41.7 Å². The van der Waals surface area contributed by atoms with Gasteiger partial charge in [0.25, 0.3) is 0 Å². The normalized spacial score (nSPS) is 17.4. The van der Waals surface area contributed by atoms with Crippen LogP contribution in [0.4, 0.5) is 0 Å². The lowest BCUT2D eigenvalue weighted by atomic mass is 10.1. The molecule has 7 nitrogen and oxygen atoms in total. The highest BCUT2D eigenvalue weighted by atomic mass is 16.5. The summed E-state index contributed by atoms with van der Waals surface area (Å²) < 4.78 is 7.21. The first-order valence-corrected chi connectivity index (χ1v) is 7.27. The molecule has 0 fully saturated rings. The van der Waals surface area contributed by atoms with Crippen molar-refractivity contribution in [2.45, 2.75) is 32.5 Å².